The summed E-state index contributed by atoms with van der Waals surface area (Å²) in [6.07, 6.45) is 0.854. The molecule has 20 heavy (non-hydrogen) atoms. The molecule has 3 N–H and O–H groups in total. The number of allylic oxidation sites excluding steroid dienone is 4. The van der Waals surface area contributed by atoms with Gasteiger partial charge in [-0.15, -0.1) is 0 Å². The summed E-state index contributed by atoms with van der Waals surface area (Å²) in [4.78, 5) is 10.5. The maximum Gasteiger partial charge on any atom is 0.305 e. The minimum absolute atomic E-state index is 0.0483. The first-order valence-electron chi connectivity index (χ1n) is 7.11. The summed E-state index contributed by atoms with van der Waals surface area (Å²) in [5, 5.41) is 8.63. The number of nitrogens with two attached hydrogens (primary N) is 1. The van der Waals surface area contributed by atoms with Crippen molar-refractivity contribution < 1.29 is 14.6 Å². The van der Waals surface area contributed by atoms with Crippen molar-refractivity contribution in [2.75, 3.05) is 13.2 Å². The van der Waals surface area contributed by atoms with E-state index in [1.807, 2.05) is 0 Å². The van der Waals surface area contributed by atoms with Crippen LogP contribution < -0.4 is 5.73 Å². The third-order valence-corrected chi connectivity index (χ3v) is 4.86. The molecule has 1 atom stereocenters. The molecule has 0 aliphatic heterocycles. The second-order valence-electron chi connectivity index (χ2n) is 6.01. The van der Waals surface area contributed by atoms with Crippen LogP contribution in [0.1, 0.15) is 47.5 Å². The lowest BCUT2D eigenvalue weighted by Crippen LogP contribution is -2.30. The number of hydrogen-bond donors (Lipinski definition) is 2. The Bertz CT molecular complexity index is 425. The van der Waals surface area contributed by atoms with Gasteiger partial charge >= 0.3 is 5.97 Å². The van der Waals surface area contributed by atoms with E-state index < -0.39 is 12.0 Å². The van der Waals surface area contributed by atoms with Crippen LogP contribution in [-0.4, -0.2) is 30.3 Å². The zero-order chi connectivity index (χ0) is 15.5. The summed E-state index contributed by atoms with van der Waals surface area (Å²) in [5.74, 6) is -0.882. The molecule has 0 radical (unpaired) electrons. The lowest BCUT2D eigenvalue weighted by atomic mass is 9.77. The van der Waals surface area contributed by atoms with Gasteiger partial charge in [0.2, 0.25) is 0 Å². The third-order valence-electron chi connectivity index (χ3n) is 4.86. The molecular formula is C16H27NO3. The lowest BCUT2D eigenvalue weighted by Gasteiger charge is -2.29. The standard InChI is InChI=1S/C16H27NO3/c1-10-11(2)13(4)16(5,12(10)3)6-7-20-9-14(17)8-15(18)19/h14H,6-9,17H2,1-5H3,(H,18,19). The molecule has 1 aliphatic rings. The first-order chi connectivity index (χ1) is 9.20. The molecule has 0 saturated carbocycles. The van der Waals surface area contributed by atoms with Gasteiger partial charge in [-0.3, -0.25) is 4.79 Å². The van der Waals surface area contributed by atoms with E-state index in [4.69, 9.17) is 15.6 Å². The Kier molecular flexibility index (Phi) is 5.54. The van der Waals surface area contributed by atoms with Crippen molar-refractivity contribution in [2.24, 2.45) is 11.1 Å². The largest absolute Gasteiger partial charge is 0.481 e. The Morgan fingerprint density at radius 1 is 1.25 bits per heavy atom. The molecule has 0 spiro atoms. The van der Waals surface area contributed by atoms with Crippen molar-refractivity contribution in [3.63, 3.8) is 0 Å². The van der Waals surface area contributed by atoms with Crippen molar-refractivity contribution in [3.05, 3.63) is 22.3 Å². The lowest BCUT2D eigenvalue weighted by molar-refractivity contribution is -0.137. The van der Waals surface area contributed by atoms with Crippen molar-refractivity contribution in [3.8, 4) is 0 Å². The first kappa shape index (κ1) is 16.9. The first-order valence-corrected chi connectivity index (χ1v) is 7.11. The molecule has 0 saturated heterocycles. The summed E-state index contributed by atoms with van der Waals surface area (Å²) < 4.78 is 5.56. The zero-order valence-electron chi connectivity index (χ0n) is 13.2. The molecule has 0 bridgehead atoms. The fraction of sp³-hybridized carbons (Fsp3) is 0.688. The fourth-order valence-electron chi connectivity index (χ4n) is 2.84. The predicted molar refractivity (Wildman–Crippen MR) is 80.5 cm³/mol. The van der Waals surface area contributed by atoms with E-state index in [2.05, 4.69) is 34.6 Å². The Morgan fingerprint density at radius 2 is 1.75 bits per heavy atom. The highest BCUT2D eigenvalue weighted by Gasteiger charge is 2.35. The van der Waals surface area contributed by atoms with E-state index in [0.717, 1.165) is 6.42 Å². The van der Waals surface area contributed by atoms with Gasteiger partial charge in [0.15, 0.2) is 0 Å². The number of carboxylic acid groups (broad SMARTS) is 1. The van der Waals surface area contributed by atoms with Gasteiger partial charge in [0, 0.05) is 18.1 Å². The fourth-order valence-corrected chi connectivity index (χ4v) is 2.84. The number of ether oxygens (including phenoxy) is 1. The third kappa shape index (κ3) is 3.49. The molecule has 0 fully saturated rings. The van der Waals surface area contributed by atoms with Gasteiger partial charge in [-0.2, -0.15) is 0 Å². The quantitative estimate of drug-likeness (QED) is 0.704. The SMILES string of the molecule is CC1=C(C)C(C)(CCOCC(N)CC(=O)O)C(C)=C1C. The van der Waals surface area contributed by atoms with Gasteiger partial charge in [0.05, 0.1) is 13.0 Å². The van der Waals surface area contributed by atoms with Crippen molar-refractivity contribution in [2.45, 2.75) is 53.5 Å². The van der Waals surface area contributed by atoms with Crippen LogP contribution in [0.5, 0.6) is 0 Å². The topological polar surface area (TPSA) is 72.5 Å². The summed E-state index contributed by atoms with van der Waals surface area (Å²) >= 11 is 0. The minimum Gasteiger partial charge on any atom is -0.481 e. The van der Waals surface area contributed by atoms with E-state index in [-0.39, 0.29) is 11.8 Å². The van der Waals surface area contributed by atoms with E-state index in [0.29, 0.717) is 13.2 Å². The normalized spacial score (nSPS) is 19.7. The maximum absolute atomic E-state index is 10.5. The molecule has 0 heterocycles. The van der Waals surface area contributed by atoms with Crippen LogP contribution in [0, 0.1) is 5.41 Å². The second kappa shape index (κ2) is 6.55. The molecule has 1 rings (SSSR count). The van der Waals surface area contributed by atoms with Gasteiger partial charge in [0.25, 0.3) is 0 Å². The van der Waals surface area contributed by atoms with E-state index >= 15 is 0 Å². The monoisotopic (exact) mass is 281 g/mol. The number of rotatable bonds is 7. The predicted octanol–water partition coefficient (Wildman–Crippen LogP) is 2.89. The van der Waals surface area contributed by atoms with Crippen LogP contribution in [0.15, 0.2) is 22.3 Å². The smallest absolute Gasteiger partial charge is 0.305 e. The number of aliphatic carboxylic acids is 1. The van der Waals surface area contributed by atoms with Gasteiger partial charge < -0.3 is 15.6 Å². The van der Waals surface area contributed by atoms with E-state index in [1.54, 1.807) is 0 Å². The average molecular weight is 281 g/mol. The number of carbonyl (C=O) groups is 1. The molecule has 4 nitrogen and oxygen atoms in total. The van der Waals surface area contributed by atoms with Crippen molar-refractivity contribution in [1.82, 2.24) is 0 Å². The zero-order valence-corrected chi connectivity index (χ0v) is 13.2. The van der Waals surface area contributed by atoms with Gasteiger partial charge in [0.1, 0.15) is 0 Å². The Balaban J connectivity index is 2.49. The van der Waals surface area contributed by atoms with Gasteiger partial charge in [-0.05, 0) is 45.3 Å². The summed E-state index contributed by atoms with van der Waals surface area (Å²) in [6, 6.07) is -0.430. The molecule has 1 aliphatic carbocycles. The highest BCUT2D eigenvalue weighted by molar-refractivity contribution is 5.67. The summed E-state index contributed by atoms with van der Waals surface area (Å²) in [7, 11) is 0. The Labute approximate surface area is 121 Å². The number of carboxylic acids is 1. The van der Waals surface area contributed by atoms with Gasteiger partial charge in [-0.25, -0.2) is 0 Å². The van der Waals surface area contributed by atoms with E-state index in [9.17, 15) is 4.79 Å². The van der Waals surface area contributed by atoms with Crippen LogP contribution in [-0.2, 0) is 9.53 Å². The maximum atomic E-state index is 10.5. The average Bonchev–Trinajstić information content (AvgIpc) is 2.51. The Hall–Kier alpha value is -1.13. The summed E-state index contributed by atoms with van der Waals surface area (Å²) in [5.41, 5.74) is 11.3. The van der Waals surface area contributed by atoms with Gasteiger partial charge in [-0.1, -0.05) is 18.1 Å². The molecule has 0 amide bonds. The van der Waals surface area contributed by atoms with Crippen LogP contribution in [0.25, 0.3) is 0 Å². The summed E-state index contributed by atoms with van der Waals surface area (Å²) in [6.45, 7) is 11.9. The number of hydrogen-bond acceptors (Lipinski definition) is 3. The second-order valence-corrected chi connectivity index (χ2v) is 6.01. The highest BCUT2D eigenvalue weighted by Crippen LogP contribution is 2.48. The molecule has 114 valence electrons. The van der Waals surface area contributed by atoms with Crippen LogP contribution >= 0.6 is 0 Å². The van der Waals surface area contributed by atoms with Crippen LogP contribution in [0.4, 0.5) is 0 Å². The molecule has 4 heteroatoms. The van der Waals surface area contributed by atoms with Crippen LogP contribution in [0.3, 0.4) is 0 Å². The highest BCUT2D eigenvalue weighted by atomic mass is 16.5. The molecule has 0 aromatic carbocycles. The van der Waals surface area contributed by atoms with Crippen LogP contribution in [0.2, 0.25) is 0 Å². The molecule has 1 unspecified atom stereocenters. The molecule has 0 aromatic rings. The van der Waals surface area contributed by atoms with E-state index in [1.165, 1.54) is 22.3 Å². The minimum atomic E-state index is -0.882. The molecular weight excluding hydrogens is 254 g/mol. The Morgan fingerprint density at radius 3 is 2.20 bits per heavy atom. The van der Waals surface area contributed by atoms with Crippen molar-refractivity contribution >= 4 is 5.97 Å². The van der Waals surface area contributed by atoms with Crippen molar-refractivity contribution in [1.29, 1.82) is 0 Å². The molecule has 0 aromatic heterocycles.